The largest absolute Gasteiger partial charge is 0.508 e. The van der Waals surface area contributed by atoms with E-state index in [1.165, 1.54) is 30.3 Å². The molecule has 126 valence electrons. The van der Waals surface area contributed by atoms with Gasteiger partial charge in [-0.2, -0.15) is 5.10 Å². The Labute approximate surface area is 144 Å². The highest BCUT2D eigenvalue weighted by atomic mass is 19.1. The quantitative estimate of drug-likeness (QED) is 0.573. The third kappa shape index (κ3) is 3.50. The van der Waals surface area contributed by atoms with Crippen LogP contribution in [0.1, 0.15) is 27.3 Å². The molecule has 0 spiro atoms. The maximum absolute atomic E-state index is 13.1. The Morgan fingerprint density at radius 2 is 1.72 bits per heavy atom. The average molecular weight is 336 g/mol. The number of carbonyl (C=O) groups excluding carboxylic acids is 1. The SMILES string of the molecule is Cc1nn(-c2ccc(F)cc2)c(C)c1/C=C/C(=O)c1ccc(O)cc1. The van der Waals surface area contributed by atoms with Gasteiger partial charge < -0.3 is 5.11 Å². The summed E-state index contributed by atoms with van der Waals surface area (Å²) < 4.78 is 14.8. The molecule has 0 bridgehead atoms. The first-order chi connectivity index (χ1) is 12.0. The fourth-order valence-electron chi connectivity index (χ4n) is 2.61. The van der Waals surface area contributed by atoms with Gasteiger partial charge in [0.25, 0.3) is 0 Å². The summed E-state index contributed by atoms with van der Waals surface area (Å²) in [4.78, 5) is 12.2. The molecule has 4 nitrogen and oxygen atoms in total. The van der Waals surface area contributed by atoms with Crippen LogP contribution in [0, 0.1) is 19.7 Å². The molecule has 0 amide bonds. The van der Waals surface area contributed by atoms with E-state index in [1.54, 1.807) is 35.0 Å². The number of aryl methyl sites for hydroxylation is 1. The predicted molar refractivity (Wildman–Crippen MR) is 94.5 cm³/mol. The van der Waals surface area contributed by atoms with Crippen LogP contribution in [0.2, 0.25) is 0 Å². The zero-order chi connectivity index (χ0) is 18.0. The third-order valence-electron chi connectivity index (χ3n) is 3.97. The number of hydrogen-bond donors (Lipinski definition) is 1. The highest BCUT2D eigenvalue weighted by Gasteiger charge is 2.11. The monoisotopic (exact) mass is 336 g/mol. The van der Waals surface area contributed by atoms with Gasteiger partial charge in [-0.3, -0.25) is 4.79 Å². The summed E-state index contributed by atoms with van der Waals surface area (Å²) in [6.07, 6.45) is 3.21. The molecule has 0 saturated heterocycles. The van der Waals surface area contributed by atoms with Crippen LogP contribution in [0.25, 0.3) is 11.8 Å². The fraction of sp³-hybridized carbons (Fsp3) is 0.100. The predicted octanol–water partition coefficient (Wildman–Crippen LogP) is 4.23. The van der Waals surface area contributed by atoms with Crippen LogP contribution in [0.5, 0.6) is 5.75 Å². The molecular formula is C20H17FN2O2. The average Bonchev–Trinajstić information content (AvgIpc) is 2.88. The van der Waals surface area contributed by atoms with Gasteiger partial charge in [-0.25, -0.2) is 9.07 Å². The summed E-state index contributed by atoms with van der Waals surface area (Å²) in [6, 6.07) is 12.2. The zero-order valence-electron chi connectivity index (χ0n) is 13.9. The lowest BCUT2D eigenvalue weighted by Crippen LogP contribution is -1.99. The number of phenols is 1. The smallest absolute Gasteiger partial charge is 0.185 e. The molecule has 5 heteroatoms. The molecule has 25 heavy (non-hydrogen) atoms. The number of aromatic nitrogens is 2. The van der Waals surface area contributed by atoms with Crippen molar-refractivity contribution < 1.29 is 14.3 Å². The van der Waals surface area contributed by atoms with Crippen LogP contribution >= 0.6 is 0 Å². The number of ketones is 1. The number of allylic oxidation sites excluding steroid dienone is 1. The first-order valence-electron chi connectivity index (χ1n) is 7.79. The molecule has 3 aromatic rings. The lowest BCUT2D eigenvalue weighted by Gasteiger charge is -2.04. The normalized spacial score (nSPS) is 11.2. The number of halogens is 1. The van der Waals surface area contributed by atoms with Crippen molar-refractivity contribution in [2.45, 2.75) is 13.8 Å². The van der Waals surface area contributed by atoms with Crippen LogP contribution < -0.4 is 0 Å². The zero-order valence-corrected chi connectivity index (χ0v) is 13.9. The Morgan fingerprint density at radius 3 is 2.36 bits per heavy atom. The third-order valence-corrected chi connectivity index (χ3v) is 3.97. The van der Waals surface area contributed by atoms with Gasteiger partial charge in [0.15, 0.2) is 5.78 Å². The molecule has 0 radical (unpaired) electrons. The van der Waals surface area contributed by atoms with E-state index >= 15 is 0 Å². The molecule has 1 aromatic heterocycles. The summed E-state index contributed by atoms with van der Waals surface area (Å²) >= 11 is 0. The second-order valence-corrected chi connectivity index (χ2v) is 5.72. The number of carbonyl (C=O) groups is 1. The second kappa shape index (κ2) is 6.73. The van der Waals surface area contributed by atoms with Crippen molar-refractivity contribution >= 4 is 11.9 Å². The molecule has 1 N–H and O–H groups in total. The first kappa shape index (κ1) is 16.6. The van der Waals surface area contributed by atoms with Crippen molar-refractivity contribution in [3.05, 3.63) is 82.9 Å². The summed E-state index contributed by atoms with van der Waals surface area (Å²) in [5.74, 6) is -0.342. The van der Waals surface area contributed by atoms with Gasteiger partial charge >= 0.3 is 0 Å². The molecule has 1 heterocycles. The molecule has 0 aliphatic rings. The van der Waals surface area contributed by atoms with E-state index in [1.807, 2.05) is 13.8 Å². The van der Waals surface area contributed by atoms with E-state index in [-0.39, 0.29) is 17.3 Å². The summed E-state index contributed by atoms with van der Waals surface area (Å²) in [5.41, 5.74) is 3.73. The lowest BCUT2D eigenvalue weighted by molar-refractivity contribution is 0.104. The van der Waals surface area contributed by atoms with E-state index in [4.69, 9.17) is 0 Å². The molecule has 0 aliphatic heterocycles. The lowest BCUT2D eigenvalue weighted by atomic mass is 10.1. The molecule has 0 saturated carbocycles. The number of phenolic OH excluding ortho intramolecular Hbond substituents is 1. The first-order valence-corrected chi connectivity index (χ1v) is 7.79. The number of benzene rings is 2. The molecule has 2 aromatic carbocycles. The van der Waals surface area contributed by atoms with Gasteiger partial charge in [0, 0.05) is 16.8 Å². The minimum Gasteiger partial charge on any atom is -0.508 e. The molecule has 3 rings (SSSR count). The summed E-state index contributed by atoms with van der Waals surface area (Å²) in [7, 11) is 0. The van der Waals surface area contributed by atoms with Gasteiger partial charge in [-0.15, -0.1) is 0 Å². The van der Waals surface area contributed by atoms with Crippen molar-refractivity contribution in [1.29, 1.82) is 0 Å². The highest BCUT2D eigenvalue weighted by Crippen LogP contribution is 2.20. The van der Waals surface area contributed by atoms with Crippen molar-refractivity contribution in [3.63, 3.8) is 0 Å². The second-order valence-electron chi connectivity index (χ2n) is 5.72. The van der Waals surface area contributed by atoms with Crippen molar-refractivity contribution in [3.8, 4) is 11.4 Å². The van der Waals surface area contributed by atoms with E-state index in [2.05, 4.69) is 5.10 Å². The fourth-order valence-corrected chi connectivity index (χ4v) is 2.61. The molecule has 0 atom stereocenters. The van der Waals surface area contributed by atoms with Crippen molar-refractivity contribution in [2.75, 3.05) is 0 Å². The van der Waals surface area contributed by atoms with Crippen molar-refractivity contribution in [1.82, 2.24) is 9.78 Å². The van der Waals surface area contributed by atoms with Gasteiger partial charge in [0.2, 0.25) is 0 Å². The maximum atomic E-state index is 13.1. The van der Waals surface area contributed by atoms with Crippen LogP contribution in [-0.2, 0) is 0 Å². The van der Waals surface area contributed by atoms with E-state index in [0.717, 1.165) is 22.6 Å². The van der Waals surface area contributed by atoms with Crippen LogP contribution in [0.3, 0.4) is 0 Å². The number of hydrogen-bond acceptors (Lipinski definition) is 3. The Balaban J connectivity index is 1.89. The van der Waals surface area contributed by atoms with E-state index in [0.29, 0.717) is 5.56 Å². The summed E-state index contributed by atoms with van der Waals surface area (Å²) in [6.45, 7) is 3.76. The standard InChI is InChI=1S/C20H17FN2O2/c1-13-19(11-12-20(25)15-3-9-18(24)10-4-15)14(2)23(22-13)17-7-5-16(21)6-8-17/h3-12,24H,1-2H3/b12-11+. The van der Waals surface area contributed by atoms with Gasteiger partial charge in [-0.05, 0) is 74.5 Å². The Hall–Kier alpha value is -3.21. The number of nitrogens with zero attached hydrogens (tertiary/aromatic N) is 2. The minimum absolute atomic E-state index is 0.118. The minimum atomic E-state index is -0.301. The van der Waals surface area contributed by atoms with E-state index in [9.17, 15) is 14.3 Å². The van der Waals surface area contributed by atoms with Gasteiger partial charge in [0.1, 0.15) is 11.6 Å². The van der Waals surface area contributed by atoms with Crippen molar-refractivity contribution in [2.24, 2.45) is 0 Å². The maximum Gasteiger partial charge on any atom is 0.185 e. The molecule has 0 unspecified atom stereocenters. The molecular weight excluding hydrogens is 319 g/mol. The Morgan fingerprint density at radius 1 is 1.08 bits per heavy atom. The van der Waals surface area contributed by atoms with Gasteiger partial charge in [0.05, 0.1) is 11.4 Å². The number of rotatable bonds is 4. The Bertz CT molecular complexity index is 939. The molecule has 0 aliphatic carbocycles. The van der Waals surface area contributed by atoms with E-state index < -0.39 is 0 Å². The number of aromatic hydroxyl groups is 1. The summed E-state index contributed by atoms with van der Waals surface area (Å²) in [5, 5.41) is 13.8. The van der Waals surface area contributed by atoms with Gasteiger partial charge in [-0.1, -0.05) is 0 Å². The topological polar surface area (TPSA) is 55.1 Å². The highest BCUT2D eigenvalue weighted by molar-refractivity contribution is 6.06. The van der Waals surface area contributed by atoms with Crippen LogP contribution in [-0.4, -0.2) is 20.7 Å². The molecule has 0 fully saturated rings. The Kier molecular flexibility index (Phi) is 4.48. The van der Waals surface area contributed by atoms with Crippen LogP contribution in [0.4, 0.5) is 4.39 Å². The van der Waals surface area contributed by atoms with Crippen LogP contribution in [0.15, 0.2) is 54.6 Å².